The van der Waals surface area contributed by atoms with E-state index in [2.05, 4.69) is 4.74 Å². The summed E-state index contributed by atoms with van der Waals surface area (Å²) < 4.78 is 4.64. The molecule has 2 rings (SSSR count). The van der Waals surface area contributed by atoms with Gasteiger partial charge < -0.3 is 9.64 Å². The van der Waals surface area contributed by atoms with E-state index in [0.717, 1.165) is 44.1 Å². The number of carbonyl (C=O) groups is 3. The smallest absolute Gasteiger partial charge is 0.305 e. The molecule has 1 atom stereocenters. The Morgan fingerprint density at radius 1 is 1.14 bits per heavy atom. The van der Waals surface area contributed by atoms with Crippen LogP contribution in [0.15, 0.2) is 42.5 Å². The second kappa shape index (κ2) is 12.1. The molecule has 1 aromatic rings. The molecule has 152 valence electrons. The number of likely N-dealkylation sites (tertiary alicyclic amines) is 1. The maximum absolute atomic E-state index is 12.3. The minimum Gasteiger partial charge on any atom is -0.469 e. The lowest BCUT2D eigenvalue weighted by molar-refractivity contribution is -0.140. The van der Waals surface area contributed by atoms with Gasteiger partial charge in [0.15, 0.2) is 5.78 Å². The first-order chi connectivity index (χ1) is 13.6. The van der Waals surface area contributed by atoms with Crippen LogP contribution in [0.5, 0.6) is 0 Å². The van der Waals surface area contributed by atoms with Crippen molar-refractivity contribution in [1.29, 1.82) is 0 Å². The SMILES string of the molecule is COC(=O)CCCCCCN1C(=O)CCC[C@@H]1/C=C/C(=O)Cc1ccccc1. The molecular weight excluding hydrogens is 354 g/mol. The standard InChI is InChI=1S/C23H31NO4/c1-28-23(27)14-7-2-3-8-17-24-20(12-9-13-22(24)26)15-16-21(25)18-19-10-5-4-6-11-19/h4-6,10-11,15-16,20H,2-3,7-9,12-14,17-18H2,1H3/b16-15+/t20-/m1/s1. The number of methoxy groups -OCH3 is 1. The molecule has 0 saturated carbocycles. The number of hydrogen-bond donors (Lipinski definition) is 0. The van der Waals surface area contributed by atoms with Crippen molar-refractivity contribution in [3.05, 3.63) is 48.0 Å². The average Bonchev–Trinajstić information content (AvgIpc) is 2.70. The van der Waals surface area contributed by atoms with Gasteiger partial charge in [-0.2, -0.15) is 0 Å². The summed E-state index contributed by atoms with van der Waals surface area (Å²) in [6.45, 7) is 0.707. The maximum Gasteiger partial charge on any atom is 0.305 e. The molecule has 1 aliphatic heterocycles. The maximum atomic E-state index is 12.3. The fourth-order valence-corrected chi connectivity index (χ4v) is 3.52. The monoisotopic (exact) mass is 385 g/mol. The first-order valence-electron chi connectivity index (χ1n) is 10.2. The summed E-state index contributed by atoms with van der Waals surface area (Å²) in [6, 6.07) is 9.70. The highest BCUT2D eigenvalue weighted by molar-refractivity contribution is 5.91. The van der Waals surface area contributed by atoms with Gasteiger partial charge in [-0.25, -0.2) is 0 Å². The van der Waals surface area contributed by atoms with Crippen molar-refractivity contribution in [3.8, 4) is 0 Å². The largest absolute Gasteiger partial charge is 0.469 e. The summed E-state index contributed by atoms with van der Waals surface area (Å²) in [5, 5.41) is 0. The highest BCUT2D eigenvalue weighted by Crippen LogP contribution is 2.20. The topological polar surface area (TPSA) is 63.7 Å². The number of rotatable bonds is 11. The van der Waals surface area contributed by atoms with Gasteiger partial charge in [0.2, 0.25) is 5.91 Å². The van der Waals surface area contributed by atoms with E-state index in [1.807, 2.05) is 41.3 Å². The summed E-state index contributed by atoms with van der Waals surface area (Å²) >= 11 is 0. The summed E-state index contributed by atoms with van der Waals surface area (Å²) in [5.41, 5.74) is 1.00. The average molecular weight is 386 g/mol. The second-order valence-electron chi connectivity index (χ2n) is 7.27. The van der Waals surface area contributed by atoms with Crippen LogP contribution in [0.25, 0.3) is 0 Å². The highest BCUT2D eigenvalue weighted by atomic mass is 16.5. The van der Waals surface area contributed by atoms with Crippen molar-refractivity contribution in [3.63, 3.8) is 0 Å². The van der Waals surface area contributed by atoms with Gasteiger partial charge in [-0.15, -0.1) is 0 Å². The lowest BCUT2D eigenvalue weighted by Gasteiger charge is -2.34. The van der Waals surface area contributed by atoms with Crippen molar-refractivity contribution in [2.75, 3.05) is 13.7 Å². The molecule has 0 radical (unpaired) electrons. The van der Waals surface area contributed by atoms with Crippen molar-refractivity contribution >= 4 is 17.7 Å². The van der Waals surface area contributed by atoms with Crippen LogP contribution in [-0.4, -0.2) is 42.3 Å². The fraction of sp³-hybridized carbons (Fsp3) is 0.522. The second-order valence-corrected chi connectivity index (χ2v) is 7.27. The number of benzene rings is 1. The molecular formula is C23H31NO4. The zero-order valence-electron chi connectivity index (χ0n) is 16.8. The zero-order chi connectivity index (χ0) is 20.2. The number of ketones is 1. The van der Waals surface area contributed by atoms with Crippen LogP contribution in [0.4, 0.5) is 0 Å². The lowest BCUT2D eigenvalue weighted by atomic mass is 9.99. The van der Waals surface area contributed by atoms with Gasteiger partial charge in [0.05, 0.1) is 13.2 Å². The molecule has 1 aromatic carbocycles. The van der Waals surface area contributed by atoms with E-state index in [4.69, 9.17) is 0 Å². The van der Waals surface area contributed by atoms with E-state index in [1.54, 1.807) is 6.08 Å². The van der Waals surface area contributed by atoms with Gasteiger partial charge in [-0.1, -0.05) is 49.2 Å². The number of esters is 1. The van der Waals surface area contributed by atoms with Gasteiger partial charge in [0.1, 0.15) is 0 Å². The van der Waals surface area contributed by atoms with Gasteiger partial charge in [0.25, 0.3) is 0 Å². The van der Waals surface area contributed by atoms with Crippen molar-refractivity contribution in [1.82, 2.24) is 4.90 Å². The third-order valence-electron chi connectivity index (χ3n) is 5.09. The molecule has 1 saturated heterocycles. The first kappa shape index (κ1) is 21.9. The predicted molar refractivity (Wildman–Crippen MR) is 109 cm³/mol. The van der Waals surface area contributed by atoms with E-state index in [9.17, 15) is 14.4 Å². The third kappa shape index (κ3) is 7.67. The Morgan fingerprint density at radius 2 is 1.89 bits per heavy atom. The van der Waals surface area contributed by atoms with Crippen LogP contribution in [0.3, 0.4) is 0 Å². The summed E-state index contributed by atoms with van der Waals surface area (Å²) in [7, 11) is 1.41. The van der Waals surface area contributed by atoms with Crippen molar-refractivity contribution in [2.24, 2.45) is 0 Å². The quantitative estimate of drug-likeness (QED) is 0.330. The Kier molecular flexibility index (Phi) is 9.46. The summed E-state index contributed by atoms with van der Waals surface area (Å²) in [4.78, 5) is 37.6. The predicted octanol–water partition coefficient (Wildman–Crippen LogP) is 3.86. The fourth-order valence-electron chi connectivity index (χ4n) is 3.52. The first-order valence-corrected chi connectivity index (χ1v) is 10.2. The van der Waals surface area contributed by atoms with Crippen LogP contribution < -0.4 is 0 Å². The number of ether oxygens (including phenoxy) is 1. The molecule has 0 bridgehead atoms. The Labute approximate surface area is 167 Å². The molecule has 0 aliphatic carbocycles. The van der Waals surface area contributed by atoms with Gasteiger partial charge in [-0.3, -0.25) is 14.4 Å². The molecule has 5 heteroatoms. The van der Waals surface area contributed by atoms with Crippen molar-refractivity contribution in [2.45, 2.75) is 63.8 Å². The van der Waals surface area contributed by atoms with Gasteiger partial charge >= 0.3 is 5.97 Å². The molecule has 28 heavy (non-hydrogen) atoms. The Balaban J connectivity index is 1.78. The minimum atomic E-state index is -0.170. The molecule has 1 aliphatic rings. The Hall–Kier alpha value is -2.43. The van der Waals surface area contributed by atoms with E-state index >= 15 is 0 Å². The van der Waals surface area contributed by atoms with Crippen LogP contribution >= 0.6 is 0 Å². The molecule has 0 N–H and O–H groups in total. The van der Waals surface area contributed by atoms with Gasteiger partial charge in [-0.05, 0) is 37.3 Å². The number of unbranched alkanes of at least 4 members (excludes halogenated alkanes) is 3. The third-order valence-corrected chi connectivity index (χ3v) is 5.09. The molecule has 0 spiro atoms. The molecule has 1 heterocycles. The molecule has 0 unspecified atom stereocenters. The van der Waals surface area contributed by atoms with E-state index in [0.29, 0.717) is 25.8 Å². The molecule has 1 amide bonds. The number of amides is 1. The molecule has 5 nitrogen and oxygen atoms in total. The number of piperidine rings is 1. The van der Waals surface area contributed by atoms with Crippen LogP contribution in [0.2, 0.25) is 0 Å². The van der Waals surface area contributed by atoms with E-state index < -0.39 is 0 Å². The number of allylic oxidation sites excluding steroid dienone is 1. The number of carbonyl (C=O) groups excluding carboxylic acids is 3. The normalized spacial score (nSPS) is 17.1. The van der Waals surface area contributed by atoms with Crippen molar-refractivity contribution < 1.29 is 19.1 Å². The van der Waals surface area contributed by atoms with Crippen LogP contribution in [0.1, 0.15) is 56.9 Å². The zero-order valence-corrected chi connectivity index (χ0v) is 16.8. The Bertz CT molecular complexity index is 668. The summed E-state index contributed by atoms with van der Waals surface area (Å²) in [5.74, 6) is 0.0644. The Morgan fingerprint density at radius 3 is 2.64 bits per heavy atom. The highest BCUT2D eigenvalue weighted by Gasteiger charge is 2.25. The summed E-state index contributed by atoms with van der Waals surface area (Å²) in [6.07, 6.45) is 10.4. The molecule has 1 fully saturated rings. The lowest BCUT2D eigenvalue weighted by Crippen LogP contribution is -2.43. The van der Waals surface area contributed by atoms with Gasteiger partial charge in [0, 0.05) is 25.8 Å². The van der Waals surface area contributed by atoms with E-state index in [1.165, 1.54) is 7.11 Å². The van der Waals surface area contributed by atoms with Crippen LogP contribution in [0, 0.1) is 0 Å². The van der Waals surface area contributed by atoms with E-state index in [-0.39, 0.29) is 23.7 Å². The van der Waals surface area contributed by atoms with Crippen LogP contribution in [-0.2, 0) is 25.5 Å². The number of nitrogens with zero attached hydrogens (tertiary/aromatic N) is 1. The number of hydrogen-bond acceptors (Lipinski definition) is 4. The minimum absolute atomic E-state index is 0.0102. The molecule has 0 aromatic heterocycles.